The number of nitrogens with one attached hydrogen (secondary N) is 1. The lowest BCUT2D eigenvalue weighted by Crippen LogP contribution is -2.37. The van der Waals surface area contributed by atoms with Crippen LogP contribution in [-0.2, 0) is 16.1 Å². The number of nitrogens with zero attached hydrogens (tertiary/aromatic N) is 2. The van der Waals surface area contributed by atoms with Gasteiger partial charge in [0, 0.05) is 25.4 Å². The molecule has 1 heterocycles. The molecule has 124 valence electrons. The average Bonchev–Trinajstić information content (AvgIpc) is 3.07. The molecule has 0 aliphatic heterocycles. The van der Waals surface area contributed by atoms with Crippen LogP contribution in [0.15, 0.2) is 5.16 Å². The van der Waals surface area contributed by atoms with Gasteiger partial charge in [-0.15, -0.1) is 0 Å². The van der Waals surface area contributed by atoms with E-state index in [9.17, 15) is 4.79 Å². The minimum Gasteiger partial charge on any atom is -0.383 e. The summed E-state index contributed by atoms with van der Waals surface area (Å²) in [7, 11) is 1.70. The summed E-state index contributed by atoms with van der Waals surface area (Å²) >= 11 is 1.53. The predicted molar refractivity (Wildman–Crippen MR) is 89.3 cm³/mol. The fourth-order valence-electron chi connectivity index (χ4n) is 2.76. The lowest BCUT2D eigenvalue weighted by Gasteiger charge is -2.17. The van der Waals surface area contributed by atoms with E-state index in [1.54, 1.807) is 7.11 Å². The SMILES string of the molecule is COCCn1c(SC(C)C(=O)NC2CCCC2)nc(C)c1C. The molecule has 1 aromatic heterocycles. The molecule has 0 saturated heterocycles. The standard InChI is InChI=1S/C16H27N3O2S/c1-11-12(2)19(9-10-21-4)16(17-11)22-13(3)15(20)18-14-7-5-6-8-14/h13-14H,5-10H2,1-4H3,(H,18,20). The maximum absolute atomic E-state index is 12.3. The van der Waals surface area contributed by atoms with E-state index < -0.39 is 0 Å². The number of rotatable bonds is 7. The smallest absolute Gasteiger partial charge is 0.233 e. The van der Waals surface area contributed by atoms with Crippen molar-refractivity contribution in [2.24, 2.45) is 0 Å². The molecular weight excluding hydrogens is 298 g/mol. The molecule has 6 heteroatoms. The lowest BCUT2D eigenvalue weighted by molar-refractivity contribution is -0.120. The highest BCUT2D eigenvalue weighted by molar-refractivity contribution is 8.00. The first-order chi connectivity index (χ1) is 10.5. The maximum atomic E-state index is 12.3. The fourth-order valence-corrected chi connectivity index (χ4v) is 3.80. The number of hydrogen-bond donors (Lipinski definition) is 1. The number of aromatic nitrogens is 2. The van der Waals surface area contributed by atoms with E-state index in [0.717, 1.165) is 35.9 Å². The van der Waals surface area contributed by atoms with Crippen molar-refractivity contribution in [1.29, 1.82) is 0 Å². The summed E-state index contributed by atoms with van der Waals surface area (Å²) in [6.45, 7) is 7.43. The molecule has 0 bridgehead atoms. The third kappa shape index (κ3) is 4.26. The monoisotopic (exact) mass is 325 g/mol. The highest BCUT2D eigenvalue weighted by atomic mass is 32.2. The lowest BCUT2D eigenvalue weighted by atomic mass is 10.2. The Labute approximate surface area is 137 Å². The van der Waals surface area contributed by atoms with Crippen molar-refractivity contribution >= 4 is 17.7 Å². The van der Waals surface area contributed by atoms with Gasteiger partial charge in [0.2, 0.25) is 5.91 Å². The van der Waals surface area contributed by atoms with Gasteiger partial charge in [-0.1, -0.05) is 24.6 Å². The topological polar surface area (TPSA) is 56.1 Å². The highest BCUT2D eigenvalue weighted by Gasteiger charge is 2.23. The molecule has 0 spiro atoms. The summed E-state index contributed by atoms with van der Waals surface area (Å²) in [5, 5.41) is 3.93. The van der Waals surface area contributed by atoms with Crippen molar-refractivity contribution in [3.8, 4) is 0 Å². The van der Waals surface area contributed by atoms with Crippen molar-refractivity contribution in [2.45, 2.75) is 69.4 Å². The van der Waals surface area contributed by atoms with Crippen LogP contribution in [-0.4, -0.2) is 40.5 Å². The first kappa shape index (κ1) is 17.3. The molecule has 1 unspecified atom stereocenters. The van der Waals surface area contributed by atoms with Crippen LogP contribution in [0.5, 0.6) is 0 Å². The number of thioether (sulfide) groups is 1. The van der Waals surface area contributed by atoms with Crippen molar-refractivity contribution in [3.05, 3.63) is 11.4 Å². The largest absolute Gasteiger partial charge is 0.383 e. The molecule has 1 aliphatic carbocycles. The summed E-state index contributed by atoms with van der Waals surface area (Å²) in [6.07, 6.45) is 4.69. The Morgan fingerprint density at radius 3 is 2.77 bits per heavy atom. The van der Waals surface area contributed by atoms with Crippen molar-refractivity contribution in [3.63, 3.8) is 0 Å². The zero-order valence-corrected chi connectivity index (χ0v) is 14.8. The van der Waals surface area contributed by atoms with Crippen LogP contribution in [0.1, 0.15) is 44.0 Å². The zero-order chi connectivity index (χ0) is 16.1. The van der Waals surface area contributed by atoms with Crippen LogP contribution >= 0.6 is 11.8 Å². The van der Waals surface area contributed by atoms with Gasteiger partial charge >= 0.3 is 0 Å². The van der Waals surface area contributed by atoms with Crippen molar-refractivity contribution in [2.75, 3.05) is 13.7 Å². The first-order valence-corrected chi connectivity index (χ1v) is 8.90. The van der Waals surface area contributed by atoms with Gasteiger partial charge < -0.3 is 14.6 Å². The van der Waals surface area contributed by atoms with Gasteiger partial charge in [0.25, 0.3) is 0 Å². The van der Waals surface area contributed by atoms with Gasteiger partial charge in [-0.05, 0) is 33.6 Å². The molecule has 1 fully saturated rings. The maximum Gasteiger partial charge on any atom is 0.233 e. The summed E-state index contributed by atoms with van der Waals surface area (Å²) in [6, 6.07) is 0.368. The number of hydrogen-bond acceptors (Lipinski definition) is 4. The molecule has 2 rings (SSSR count). The van der Waals surface area contributed by atoms with Crippen LogP contribution in [0.25, 0.3) is 0 Å². The Morgan fingerprint density at radius 2 is 2.14 bits per heavy atom. The van der Waals surface area contributed by atoms with Crippen molar-refractivity contribution < 1.29 is 9.53 Å². The molecule has 0 radical (unpaired) electrons. The van der Waals surface area contributed by atoms with E-state index in [4.69, 9.17) is 4.74 Å². The van der Waals surface area contributed by atoms with E-state index >= 15 is 0 Å². The third-order valence-electron chi connectivity index (χ3n) is 4.29. The van der Waals surface area contributed by atoms with Gasteiger partial charge in [0.15, 0.2) is 5.16 Å². The number of aryl methyl sites for hydroxylation is 1. The molecule has 1 saturated carbocycles. The first-order valence-electron chi connectivity index (χ1n) is 8.02. The van der Waals surface area contributed by atoms with Gasteiger partial charge in [-0.2, -0.15) is 0 Å². The Hall–Kier alpha value is -1.01. The van der Waals surface area contributed by atoms with Gasteiger partial charge in [0.1, 0.15) is 0 Å². The van der Waals surface area contributed by atoms with Crippen LogP contribution in [0.4, 0.5) is 0 Å². The number of amides is 1. The van der Waals surface area contributed by atoms with Gasteiger partial charge in [-0.25, -0.2) is 4.98 Å². The van der Waals surface area contributed by atoms with Gasteiger partial charge in [-0.3, -0.25) is 4.79 Å². The zero-order valence-electron chi connectivity index (χ0n) is 14.0. The summed E-state index contributed by atoms with van der Waals surface area (Å²) in [5.74, 6) is 0.119. The molecule has 5 nitrogen and oxygen atoms in total. The van der Waals surface area contributed by atoms with Crippen LogP contribution in [0.2, 0.25) is 0 Å². The minimum atomic E-state index is -0.136. The Balaban J connectivity index is 1.99. The minimum absolute atomic E-state index is 0.119. The molecule has 1 N–H and O–H groups in total. The molecule has 1 amide bonds. The molecule has 1 aromatic rings. The number of imidazole rings is 1. The van der Waals surface area contributed by atoms with E-state index in [1.165, 1.54) is 24.6 Å². The second kappa shape index (κ2) is 8.02. The number of methoxy groups -OCH3 is 1. The molecule has 22 heavy (non-hydrogen) atoms. The van der Waals surface area contributed by atoms with E-state index in [-0.39, 0.29) is 11.2 Å². The Morgan fingerprint density at radius 1 is 1.45 bits per heavy atom. The number of ether oxygens (including phenoxy) is 1. The summed E-state index contributed by atoms with van der Waals surface area (Å²) in [5.41, 5.74) is 2.16. The Kier molecular flexibility index (Phi) is 6.32. The van der Waals surface area contributed by atoms with Crippen LogP contribution in [0, 0.1) is 13.8 Å². The second-order valence-corrected chi connectivity index (χ2v) is 7.27. The quantitative estimate of drug-likeness (QED) is 0.783. The number of carbonyl (C=O) groups is 1. The Bertz CT molecular complexity index is 510. The second-order valence-electron chi connectivity index (χ2n) is 5.96. The van der Waals surface area contributed by atoms with E-state index in [1.807, 2.05) is 13.8 Å². The fraction of sp³-hybridized carbons (Fsp3) is 0.750. The van der Waals surface area contributed by atoms with Crippen LogP contribution < -0.4 is 5.32 Å². The molecular formula is C16H27N3O2S. The highest BCUT2D eigenvalue weighted by Crippen LogP contribution is 2.26. The average molecular weight is 325 g/mol. The third-order valence-corrected chi connectivity index (χ3v) is 5.38. The van der Waals surface area contributed by atoms with Gasteiger partial charge in [0.05, 0.1) is 17.6 Å². The van der Waals surface area contributed by atoms with Crippen LogP contribution in [0.3, 0.4) is 0 Å². The predicted octanol–water partition coefficient (Wildman–Crippen LogP) is 2.69. The molecule has 1 atom stereocenters. The normalized spacial score (nSPS) is 16.9. The van der Waals surface area contributed by atoms with E-state index in [2.05, 4.69) is 21.8 Å². The molecule has 0 aromatic carbocycles. The summed E-state index contributed by atoms with van der Waals surface area (Å²) < 4.78 is 7.31. The summed E-state index contributed by atoms with van der Waals surface area (Å²) in [4.78, 5) is 16.9. The number of carbonyl (C=O) groups excluding carboxylic acids is 1. The van der Waals surface area contributed by atoms with E-state index in [0.29, 0.717) is 12.6 Å². The van der Waals surface area contributed by atoms with Crippen molar-refractivity contribution in [1.82, 2.24) is 14.9 Å². The molecule has 1 aliphatic rings.